The van der Waals surface area contributed by atoms with Crippen molar-refractivity contribution < 1.29 is 13.2 Å². The van der Waals surface area contributed by atoms with Crippen molar-refractivity contribution in [1.82, 2.24) is 9.97 Å². The smallest absolute Gasteiger partial charge is 0.349 e. The lowest BCUT2D eigenvalue weighted by Crippen LogP contribution is -2.19. The molecule has 0 radical (unpaired) electrons. The predicted molar refractivity (Wildman–Crippen MR) is 60.7 cm³/mol. The number of halogens is 3. The van der Waals surface area contributed by atoms with Gasteiger partial charge in [0.25, 0.3) is 0 Å². The maximum atomic E-state index is 12.8. The Morgan fingerprint density at radius 3 is 2.61 bits per heavy atom. The van der Waals surface area contributed by atoms with Crippen molar-refractivity contribution in [3.63, 3.8) is 0 Å². The van der Waals surface area contributed by atoms with Crippen LogP contribution in [0.15, 0.2) is 36.7 Å². The molecular formula is C12H12F3N3. The first-order valence-electron chi connectivity index (χ1n) is 5.38. The summed E-state index contributed by atoms with van der Waals surface area (Å²) in [4.78, 5) is 6.78. The van der Waals surface area contributed by atoms with Gasteiger partial charge in [0.1, 0.15) is 5.82 Å². The molecule has 1 heterocycles. The van der Waals surface area contributed by atoms with Gasteiger partial charge in [-0.3, -0.25) is 0 Å². The van der Waals surface area contributed by atoms with Crippen molar-refractivity contribution in [1.29, 1.82) is 0 Å². The van der Waals surface area contributed by atoms with E-state index < -0.39 is 17.8 Å². The van der Waals surface area contributed by atoms with Crippen molar-refractivity contribution >= 4 is 0 Å². The Morgan fingerprint density at radius 1 is 1.28 bits per heavy atom. The summed E-state index contributed by atoms with van der Waals surface area (Å²) >= 11 is 0. The summed E-state index contributed by atoms with van der Waals surface area (Å²) in [7, 11) is 0. The first-order valence-corrected chi connectivity index (χ1v) is 5.38. The largest absolute Gasteiger partial charge is 0.416 e. The van der Waals surface area contributed by atoms with Crippen LogP contribution in [0.2, 0.25) is 0 Å². The second-order valence-corrected chi connectivity index (χ2v) is 3.93. The first kappa shape index (κ1) is 12.6. The molecule has 0 saturated carbocycles. The number of alkyl halides is 3. The van der Waals surface area contributed by atoms with Gasteiger partial charge in [-0.05, 0) is 11.6 Å². The second kappa shape index (κ2) is 4.81. The maximum absolute atomic E-state index is 12.8. The van der Waals surface area contributed by atoms with E-state index in [2.05, 4.69) is 9.97 Å². The van der Waals surface area contributed by atoms with Gasteiger partial charge >= 0.3 is 6.18 Å². The Morgan fingerprint density at radius 2 is 2.00 bits per heavy atom. The SMILES string of the molecule is NC(Cc1ncc[nH]1)c1ccccc1C(F)(F)F. The van der Waals surface area contributed by atoms with E-state index >= 15 is 0 Å². The number of H-pyrrole nitrogens is 1. The highest BCUT2D eigenvalue weighted by molar-refractivity contribution is 5.32. The number of rotatable bonds is 3. The summed E-state index contributed by atoms with van der Waals surface area (Å²) in [6, 6.07) is 4.60. The highest BCUT2D eigenvalue weighted by Crippen LogP contribution is 2.34. The number of nitrogens with two attached hydrogens (primary N) is 1. The molecule has 0 aliphatic carbocycles. The lowest BCUT2D eigenvalue weighted by atomic mass is 9.98. The fourth-order valence-electron chi connectivity index (χ4n) is 1.81. The summed E-state index contributed by atoms with van der Waals surface area (Å²) in [6.07, 6.45) is -1.01. The van der Waals surface area contributed by atoms with Crippen molar-refractivity contribution in [3.05, 3.63) is 53.6 Å². The number of aromatic nitrogens is 2. The standard InChI is InChI=1S/C12H12F3N3/c13-12(14,15)9-4-2-1-3-8(9)10(16)7-11-17-5-6-18-11/h1-6,10H,7,16H2,(H,17,18). The van der Waals surface area contributed by atoms with E-state index in [1.807, 2.05) is 0 Å². The number of nitrogens with zero attached hydrogens (tertiary/aromatic N) is 1. The third-order valence-corrected chi connectivity index (χ3v) is 2.63. The number of aromatic amines is 1. The van der Waals surface area contributed by atoms with E-state index in [1.165, 1.54) is 18.3 Å². The van der Waals surface area contributed by atoms with Crippen LogP contribution in [0.1, 0.15) is 23.0 Å². The normalized spacial score (nSPS) is 13.6. The van der Waals surface area contributed by atoms with E-state index in [-0.39, 0.29) is 12.0 Å². The van der Waals surface area contributed by atoms with Crippen LogP contribution in [-0.4, -0.2) is 9.97 Å². The van der Waals surface area contributed by atoms with Crippen LogP contribution in [-0.2, 0) is 12.6 Å². The van der Waals surface area contributed by atoms with E-state index in [1.54, 1.807) is 12.3 Å². The van der Waals surface area contributed by atoms with Crippen LogP contribution in [0.5, 0.6) is 0 Å². The monoisotopic (exact) mass is 255 g/mol. The van der Waals surface area contributed by atoms with Gasteiger partial charge in [-0.1, -0.05) is 18.2 Å². The van der Waals surface area contributed by atoms with Gasteiger partial charge in [0.05, 0.1) is 5.56 Å². The second-order valence-electron chi connectivity index (χ2n) is 3.93. The van der Waals surface area contributed by atoms with E-state index in [9.17, 15) is 13.2 Å². The van der Waals surface area contributed by atoms with Crippen LogP contribution in [0.4, 0.5) is 13.2 Å². The molecule has 1 aromatic carbocycles. The van der Waals surface area contributed by atoms with Crippen LogP contribution in [0.25, 0.3) is 0 Å². The highest BCUT2D eigenvalue weighted by Gasteiger charge is 2.34. The quantitative estimate of drug-likeness (QED) is 0.885. The number of hydrogen-bond acceptors (Lipinski definition) is 2. The molecule has 96 valence electrons. The number of imidazole rings is 1. The van der Waals surface area contributed by atoms with Gasteiger partial charge in [-0.15, -0.1) is 0 Å². The fourth-order valence-corrected chi connectivity index (χ4v) is 1.81. The summed E-state index contributed by atoms with van der Waals surface area (Å²) in [5.74, 6) is 0.569. The molecule has 2 rings (SSSR count). The van der Waals surface area contributed by atoms with Crippen LogP contribution in [0, 0.1) is 0 Å². The zero-order chi connectivity index (χ0) is 13.2. The average molecular weight is 255 g/mol. The minimum absolute atomic E-state index is 0.0846. The van der Waals surface area contributed by atoms with Crippen molar-refractivity contribution in [2.45, 2.75) is 18.6 Å². The van der Waals surface area contributed by atoms with Crippen LogP contribution < -0.4 is 5.73 Å². The Kier molecular flexibility index (Phi) is 3.38. The third-order valence-electron chi connectivity index (χ3n) is 2.63. The topological polar surface area (TPSA) is 54.7 Å². The molecule has 3 nitrogen and oxygen atoms in total. The summed E-state index contributed by atoms with van der Waals surface area (Å²) in [6.45, 7) is 0. The molecule has 1 atom stereocenters. The molecule has 2 aromatic rings. The van der Waals surface area contributed by atoms with Crippen molar-refractivity contribution in [2.24, 2.45) is 5.73 Å². The third kappa shape index (κ3) is 2.70. The molecule has 0 bridgehead atoms. The summed E-state index contributed by atoms with van der Waals surface area (Å²) in [5.41, 5.74) is 5.22. The van der Waals surface area contributed by atoms with Crippen molar-refractivity contribution in [3.8, 4) is 0 Å². The van der Waals surface area contributed by atoms with Gasteiger partial charge in [0.15, 0.2) is 0 Å². The highest BCUT2D eigenvalue weighted by atomic mass is 19.4. The molecule has 0 saturated heterocycles. The minimum Gasteiger partial charge on any atom is -0.349 e. The molecule has 6 heteroatoms. The molecule has 0 spiro atoms. The summed E-state index contributed by atoms with van der Waals surface area (Å²) in [5, 5.41) is 0. The van der Waals surface area contributed by atoms with Gasteiger partial charge in [0, 0.05) is 24.9 Å². The Balaban J connectivity index is 2.27. The Bertz CT molecular complexity index is 506. The Labute approximate surface area is 102 Å². The predicted octanol–water partition coefficient (Wildman–Crippen LogP) is 2.67. The minimum atomic E-state index is -4.39. The van der Waals surface area contributed by atoms with Gasteiger partial charge in [0.2, 0.25) is 0 Å². The van der Waals surface area contributed by atoms with E-state index in [0.29, 0.717) is 5.82 Å². The molecule has 3 N–H and O–H groups in total. The lowest BCUT2D eigenvalue weighted by molar-refractivity contribution is -0.138. The average Bonchev–Trinajstić information content (AvgIpc) is 2.80. The van der Waals surface area contributed by atoms with E-state index in [4.69, 9.17) is 5.73 Å². The molecule has 18 heavy (non-hydrogen) atoms. The summed E-state index contributed by atoms with van der Waals surface area (Å²) < 4.78 is 38.4. The van der Waals surface area contributed by atoms with E-state index in [0.717, 1.165) is 6.07 Å². The molecular weight excluding hydrogens is 243 g/mol. The van der Waals surface area contributed by atoms with Crippen LogP contribution in [0.3, 0.4) is 0 Å². The maximum Gasteiger partial charge on any atom is 0.416 e. The lowest BCUT2D eigenvalue weighted by Gasteiger charge is -2.17. The first-order chi connectivity index (χ1) is 8.48. The molecule has 1 unspecified atom stereocenters. The molecule has 0 amide bonds. The molecule has 0 aliphatic heterocycles. The Hall–Kier alpha value is -1.82. The van der Waals surface area contributed by atoms with Gasteiger partial charge in [-0.25, -0.2) is 4.98 Å². The van der Waals surface area contributed by atoms with Crippen LogP contribution >= 0.6 is 0 Å². The van der Waals surface area contributed by atoms with Crippen molar-refractivity contribution in [2.75, 3.05) is 0 Å². The number of hydrogen-bond donors (Lipinski definition) is 2. The van der Waals surface area contributed by atoms with Gasteiger partial charge in [-0.2, -0.15) is 13.2 Å². The zero-order valence-corrected chi connectivity index (χ0v) is 9.41. The van der Waals surface area contributed by atoms with Gasteiger partial charge < -0.3 is 10.7 Å². The fraction of sp³-hybridized carbons (Fsp3) is 0.250. The molecule has 0 aliphatic rings. The number of benzene rings is 1. The number of nitrogens with one attached hydrogen (secondary N) is 1. The molecule has 0 fully saturated rings. The zero-order valence-electron chi connectivity index (χ0n) is 9.41. The molecule has 1 aromatic heterocycles.